The molecule has 5 heteroatoms. The lowest BCUT2D eigenvalue weighted by molar-refractivity contribution is 0.655. The lowest BCUT2D eigenvalue weighted by Gasteiger charge is -2.10. The summed E-state index contributed by atoms with van der Waals surface area (Å²) in [5, 5.41) is 4.51. The van der Waals surface area contributed by atoms with Crippen LogP contribution in [0.3, 0.4) is 0 Å². The van der Waals surface area contributed by atoms with Crippen molar-refractivity contribution in [1.29, 1.82) is 0 Å². The van der Waals surface area contributed by atoms with Gasteiger partial charge in [-0.2, -0.15) is 0 Å². The van der Waals surface area contributed by atoms with Crippen LogP contribution in [0.5, 0.6) is 0 Å². The van der Waals surface area contributed by atoms with E-state index in [1.54, 1.807) is 22.8 Å². The van der Waals surface area contributed by atoms with E-state index in [4.69, 9.17) is 23.2 Å². The molecule has 20 heavy (non-hydrogen) atoms. The number of aromatic nitrogens is 1. The summed E-state index contributed by atoms with van der Waals surface area (Å²) in [7, 11) is 0. The summed E-state index contributed by atoms with van der Waals surface area (Å²) < 4.78 is 1.70. The Balaban J connectivity index is 2.10. The Morgan fingerprint density at radius 1 is 1.20 bits per heavy atom. The Kier molecular flexibility index (Phi) is 5.10. The van der Waals surface area contributed by atoms with Gasteiger partial charge in [-0.25, -0.2) is 0 Å². The van der Waals surface area contributed by atoms with Crippen molar-refractivity contribution < 1.29 is 0 Å². The molecule has 0 spiro atoms. The van der Waals surface area contributed by atoms with Gasteiger partial charge >= 0.3 is 0 Å². The molecule has 1 aromatic carbocycles. The Bertz CT molecular complexity index is 653. The highest BCUT2D eigenvalue weighted by Gasteiger charge is 2.02. The number of aryl methyl sites for hydroxylation is 1. The fraction of sp³-hybridized carbons (Fsp3) is 0.267. The summed E-state index contributed by atoms with van der Waals surface area (Å²) in [6.07, 6.45) is 2.75. The van der Waals surface area contributed by atoms with Crippen LogP contribution in [0.4, 0.5) is 5.69 Å². The zero-order chi connectivity index (χ0) is 14.5. The van der Waals surface area contributed by atoms with Crippen LogP contribution < -0.4 is 10.9 Å². The highest BCUT2D eigenvalue weighted by molar-refractivity contribution is 6.35. The number of rotatable bonds is 5. The first-order chi connectivity index (χ1) is 9.60. The molecular formula is C15H16Cl2N2O. The van der Waals surface area contributed by atoms with E-state index in [0.29, 0.717) is 16.6 Å². The molecule has 106 valence electrons. The van der Waals surface area contributed by atoms with Crippen molar-refractivity contribution in [3.63, 3.8) is 0 Å². The first-order valence-corrected chi connectivity index (χ1v) is 7.24. The van der Waals surface area contributed by atoms with Gasteiger partial charge in [0.05, 0.1) is 5.69 Å². The second-order valence-electron chi connectivity index (χ2n) is 4.54. The third kappa shape index (κ3) is 3.78. The maximum absolute atomic E-state index is 11.6. The van der Waals surface area contributed by atoms with Gasteiger partial charge in [0, 0.05) is 35.4 Å². The molecule has 1 heterocycles. The van der Waals surface area contributed by atoms with Crippen LogP contribution in [0.1, 0.15) is 18.9 Å². The van der Waals surface area contributed by atoms with E-state index in [9.17, 15) is 4.79 Å². The van der Waals surface area contributed by atoms with Crippen LogP contribution in [0.2, 0.25) is 10.0 Å². The van der Waals surface area contributed by atoms with Crippen molar-refractivity contribution in [1.82, 2.24) is 4.57 Å². The van der Waals surface area contributed by atoms with E-state index in [0.717, 1.165) is 24.2 Å². The number of halogens is 2. The van der Waals surface area contributed by atoms with Gasteiger partial charge in [0.15, 0.2) is 0 Å². The minimum Gasteiger partial charge on any atom is -0.380 e. The number of benzene rings is 1. The van der Waals surface area contributed by atoms with Crippen LogP contribution >= 0.6 is 23.2 Å². The molecule has 0 aliphatic rings. The Labute approximate surface area is 128 Å². The van der Waals surface area contributed by atoms with Crippen molar-refractivity contribution in [3.8, 4) is 0 Å². The normalized spacial score (nSPS) is 10.6. The number of anilines is 1. The molecule has 3 nitrogen and oxygen atoms in total. The summed E-state index contributed by atoms with van der Waals surface area (Å²) in [5.41, 5.74) is 1.87. The fourth-order valence-corrected chi connectivity index (χ4v) is 2.39. The van der Waals surface area contributed by atoms with Crippen LogP contribution in [-0.4, -0.2) is 4.57 Å². The molecule has 0 aliphatic heterocycles. The van der Waals surface area contributed by atoms with Gasteiger partial charge in [0.25, 0.3) is 5.56 Å². The first-order valence-electron chi connectivity index (χ1n) is 6.48. The van der Waals surface area contributed by atoms with Gasteiger partial charge in [0.1, 0.15) is 0 Å². The molecule has 0 amide bonds. The molecule has 0 fully saturated rings. The van der Waals surface area contributed by atoms with Crippen LogP contribution in [-0.2, 0) is 13.1 Å². The molecule has 2 rings (SSSR count). The van der Waals surface area contributed by atoms with E-state index in [1.807, 2.05) is 25.3 Å². The predicted molar refractivity (Wildman–Crippen MR) is 84.8 cm³/mol. The molecule has 0 saturated heterocycles. The summed E-state index contributed by atoms with van der Waals surface area (Å²) in [5.74, 6) is 0. The molecule has 0 aliphatic carbocycles. The topological polar surface area (TPSA) is 34.0 Å². The molecule has 1 aromatic heterocycles. The smallest absolute Gasteiger partial charge is 0.250 e. The van der Waals surface area contributed by atoms with Gasteiger partial charge in [-0.05, 0) is 30.2 Å². The zero-order valence-electron chi connectivity index (χ0n) is 11.2. The summed E-state index contributed by atoms with van der Waals surface area (Å²) in [6.45, 7) is 3.34. The van der Waals surface area contributed by atoms with Crippen LogP contribution in [0.15, 0.2) is 41.3 Å². The minimum absolute atomic E-state index is 0.0157. The first kappa shape index (κ1) is 14.9. The molecule has 0 saturated carbocycles. The Morgan fingerprint density at radius 2 is 2.00 bits per heavy atom. The maximum Gasteiger partial charge on any atom is 0.250 e. The summed E-state index contributed by atoms with van der Waals surface area (Å²) >= 11 is 12.0. The number of nitrogens with zero attached hydrogens (tertiary/aromatic N) is 1. The van der Waals surface area contributed by atoms with E-state index in [2.05, 4.69) is 5.32 Å². The van der Waals surface area contributed by atoms with Crippen molar-refractivity contribution in [2.75, 3.05) is 5.32 Å². The average Bonchev–Trinajstić information content (AvgIpc) is 2.41. The minimum atomic E-state index is 0.0157. The second kappa shape index (κ2) is 6.82. The SMILES string of the molecule is CCCn1cc(NCc2ccc(Cl)cc2Cl)ccc1=O. The van der Waals surface area contributed by atoms with Crippen LogP contribution in [0.25, 0.3) is 0 Å². The van der Waals surface area contributed by atoms with Gasteiger partial charge < -0.3 is 9.88 Å². The molecule has 0 bridgehead atoms. The fourth-order valence-electron chi connectivity index (χ4n) is 1.91. The van der Waals surface area contributed by atoms with Crippen molar-refractivity contribution in [2.24, 2.45) is 0 Å². The predicted octanol–water partition coefficient (Wildman–Crippen LogP) is 4.18. The van der Waals surface area contributed by atoms with Gasteiger partial charge in [-0.3, -0.25) is 4.79 Å². The van der Waals surface area contributed by atoms with Crippen LogP contribution in [0, 0.1) is 0 Å². The molecule has 0 atom stereocenters. The van der Waals surface area contributed by atoms with Crippen molar-refractivity contribution >= 4 is 28.9 Å². The lowest BCUT2D eigenvalue weighted by atomic mass is 10.2. The second-order valence-corrected chi connectivity index (χ2v) is 5.38. The average molecular weight is 311 g/mol. The number of hydrogen-bond donors (Lipinski definition) is 1. The van der Waals surface area contributed by atoms with Gasteiger partial charge in [0.2, 0.25) is 0 Å². The summed E-state index contributed by atoms with van der Waals surface area (Å²) in [6, 6.07) is 8.76. The maximum atomic E-state index is 11.6. The molecular weight excluding hydrogens is 295 g/mol. The van der Waals surface area contributed by atoms with Gasteiger partial charge in [-0.15, -0.1) is 0 Å². The molecule has 2 aromatic rings. The molecule has 1 N–H and O–H groups in total. The highest BCUT2D eigenvalue weighted by Crippen LogP contribution is 2.21. The van der Waals surface area contributed by atoms with E-state index < -0.39 is 0 Å². The van der Waals surface area contributed by atoms with Crippen molar-refractivity contribution in [3.05, 3.63) is 62.5 Å². The van der Waals surface area contributed by atoms with E-state index >= 15 is 0 Å². The summed E-state index contributed by atoms with van der Waals surface area (Å²) in [4.78, 5) is 11.6. The number of nitrogens with one attached hydrogen (secondary N) is 1. The highest BCUT2D eigenvalue weighted by atomic mass is 35.5. The Hall–Kier alpha value is -1.45. The number of hydrogen-bond acceptors (Lipinski definition) is 2. The standard InChI is InChI=1S/C15H16Cl2N2O/c1-2-7-19-10-13(5-6-15(19)20)18-9-11-3-4-12(16)8-14(11)17/h3-6,8,10,18H,2,7,9H2,1H3. The van der Waals surface area contributed by atoms with E-state index in [-0.39, 0.29) is 5.56 Å². The monoisotopic (exact) mass is 310 g/mol. The van der Waals surface area contributed by atoms with Crippen molar-refractivity contribution in [2.45, 2.75) is 26.4 Å². The van der Waals surface area contributed by atoms with Gasteiger partial charge in [-0.1, -0.05) is 36.2 Å². The quantitative estimate of drug-likeness (QED) is 0.899. The largest absolute Gasteiger partial charge is 0.380 e. The Morgan fingerprint density at radius 3 is 2.70 bits per heavy atom. The lowest BCUT2D eigenvalue weighted by Crippen LogP contribution is -2.18. The third-order valence-corrected chi connectivity index (χ3v) is 3.53. The third-order valence-electron chi connectivity index (χ3n) is 2.95. The zero-order valence-corrected chi connectivity index (χ0v) is 12.7. The number of pyridine rings is 1. The molecule has 0 radical (unpaired) electrons. The molecule has 0 unspecified atom stereocenters. The van der Waals surface area contributed by atoms with E-state index in [1.165, 1.54) is 0 Å².